The molecule has 0 bridgehead atoms. The average Bonchev–Trinajstić information content (AvgIpc) is 2.69. The summed E-state index contributed by atoms with van der Waals surface area (Å²) in [7, 11) is 0. The van der Waals surface area contributed by atoms with Crippen LogP contribution >= 0.6 is 0 Å². The van der Waals surface area contributed by atoms with Crippen LogP contribution in [0.15, 0.2) is 12.1 Å². The monoisotopic (exact) mass is 282 g/mol. The third kappa shape index (κ3) is 3.51. The lowest BCUT2D eigenvalue weighted by molar-refractivity contribution is 0.423. The van der Waals surface area contributed by atoms with E-state index in [0.29, 0.717) is 6.07 Å². The van der Waals surface area contributed by atoms with Crippen LogP contribution < -0.4 is 5.32 Å². The third-order valence-corrected chi connectivity index (χ3v) is 3.74. The van der Waals surface area contributed by atoms with E-state index in [1.54, 1.807) is 0 Å². The fraction of sp³-hybridized carbons (Fsp3) is 0.533. The van der Waals surface area contributed by atoms with Gasteiger partial charge in [0.25, 0.3) is 0 Å². The van der Waals surface area contributed by atoms with Gasteiger partial charge in [-0.2, -0.15) is 5.26 Å². The molecule has 1 aliphatic carbocycles. The molecule has 5 heteroatoms. The SMILES string of the molecule is N#CC(NC1CCCCCC1)c1cc(F)c(F)cc1F. The van der Waals surface area contributed by atoms with Crippen LogP contribution in [0.2, 0.25) is 0 Å². The highest BCUT2D eigenvalue weighted by Crippen LogP contribution is 2.24. The molecule has 1 N–H and O–H groups in total. The molecule has 0 heterocycles. The fourth-order valence-electron chi connectivity index (χ4n) is 2.64. The Hall–Kier alpha value is -1.54. The first-order chi connectivity index (χ1) is 9.61. The predicted molar refractivity (Wildman–Crippen MR) is 69.3 cm³/mol. The number of rotatable bonds is 3. The van der Waals surface area contributed by atoms with Crippen molar-refractivity contribution in [3.63, 3.8) is 0 Å². The molecule has 0 radical (unpaired) electrons. The van der Waals surface area contributed by atoms with Crippen LogP contribution in [0.5, 0.6) is 0 Å². The normalized spacial score (nSPS) is 18.3. The molecule has 0 aliphatic heterocycles. The van der Waals surface area contributed by atoms with Crippen LogP contribution in [0.4, 0.5) is 13.2 Å². The summed E-state index contributed by atoms with van der Waals surface area (Å²) >= 11 is 0. The van der Waals surface area contributed by atoms with Crippen LogP contribution in [-0.2, 0) is 0 Å². The van der Waals surface area contributed by atoms with Crippen molar-refractivity contribution in [1.29, 1.82) is 5.26 Å². The Labute approximate surface area is 116 Å². The first-order valence-corrected chi connectivity index (χ1v) is 6.92. The van der Waals surface area contributed by atoms with Gasteiger partial charge < -0.3 is 0 Å². The highest BCUT2D eigenvalue weighted by molar-refractivity contribution is 5.27. The van der Waals surface area contributed by atoms with Gasteiger partial charge in [0.2, 0.25) is 0 Å². The predicted octanol–water partition coefficient (Wildman–Crippen LogP) is 3.98. The van der Waals surface area contributed by atoms with Gasteiger partial charge >= 0.3 is 0 Å². The second-order valence-electron chi connectivity index (χ2n) is 5.21. The van der Waals surface area contributed by atoms with Crippen LogP contribution in [0.25, 0.3) is 0 Å². The minimum Gasteiger partial charge on any atom is -0.295 e. The number of hydrogen-bond acceptors (Lipinski definition) is 2. The molecule has 1 aromatic rings. The second kappa shape index (κ2) is 6.76. The summed E-state index contributed by atoms with van der Waals surface area (Å²) in [6.07, 6.45) is 6.29. The summed E-state index contributed by atoms with van der Waals surface area (Å²) in [5.74, 6) is -3.27. The number of benzene rings is 1. The highest BCUT2D eigenvalue weighted by Gasteiger charge is 2.22. The summed E-state index contributed by atoms with van der Waals surface area (Å²) in [4.78, 5) is 0. The first-order valence-electron chi connectivity index (χ1n) is 6.92. The molecular weight excluding hydrogens is 265 g/mol. The minimum absolute atomic E-state index is 0.120. The Morgan fingerprint density at radius 3 is 2.20 bits per heavy atom. The van der Waals surface area contributed by atoms with Gasteiger partial charge in [0.05, 0.1) is 6.07 Å². The van der Waals surface area contributed by atoms with E-state index in [1.165, 1.54) is 0 Å². The Morgan fingerprint density at radius 2 is 1.60 bits per heavy atom. The van der Waals surface area contributed by atoms with Crippen LogP contribution in [-0.4, -0.2) is 6.04 Å². The zero-order chi connectivity index (χ0) is 14.5. The molecule has 1 saturated carbocycles. The zero-order valence-corrected chi connectivity index (χ0v) is 11.1. The van der Waals surface area contributed by atoms with Gasteiger partial charge in [-0.1, -0.05) is 25.7 Å². The van der Waals surface area contributed by atoms with Crippen LogP contribution in [0.1, 0.15) is 50.1 Å². The third-order valence-electron chi connectivity index (χ3n) is 3.74. The van der Waals surface area contributed by atoms with Crippen LogP contribution in [0, 0.1) is 28.8 Å². The number of nitriles is 1. The fourth-order valence-corrected chi connectivity index (χ4v) is 2.64. The number of hydrogen-bond donors (Lipinski definition) is 1. The van der Waals surface area contributed by atoms with Crippen molar-refractivity contribution < 1.29 is 13.2 Å². The minimum atomic E-state index is -1.24. The van der Waals surface area contributed by atoms with Crippen molar-refractivity contribution in [1.82, 2.24) is 5.32 Å². The van der Waals surface area contributed by atoms with Crippen molar-refractivity contribution >= 4 is 0 Å². The van der Waals surface area contributed by atoms with E-state index < -0.39 is 23.5 Å². The van der Waals surface area contributed by atoms with E-state index in [4.69, 9.17) is 5.26 Å². The summed E-state index contributed by atoms with van der Waals surface area (Å²) in [5, 5.41) is 12.2. The average molecular weight is 282 g/mol. The Morgan fingerprint density at radius 1 is 1.00 bits per heavy atom. The summed E-state index contributed by atoms with van der Waals surface area (Å²) in [6, 6.07) is 2.36. The van der Waals surface area contributed by atoms with Gasteiger partial charge in [0, 0.05) is 17.7 Å². The molecule has 2 rings (SSSR count). The summed E-state index contributed by atoms with van der Waals surface area (Å²) in [5.41, 5.74) is -0.129. The molecular formula is C15H17F3N2. The smallest absolute Gasteiger partial charge is 0.161 e. The second-order valence-corrected chi connectivity index (χ2v) is 5.21. The molecule has 1 fully saturated rings. The Balaban J connectivity index is 2.15. The molecule has 0 aromatic heterocycles. The number of nitrogens with zero attached hydrogens (tertiary/aromatic N) is 1. The lowest BCUT2D eigenvalue weighted by Crippen LogP contribution is -2.32. The molecule has 20 heavy (non-hydrogen) atoms. The summed E-state index contributed by atoms with van der Waals surface area (Å²) < 4.78 is 39.8. The van der Waals surface area contributed by atoms with Gasteiger partial charge in [-0.05, 0) is 18.9 Å². The van der Waals surface area contributed by atoms with E-state index in [1.807, 2.05) is 6.07 Å². The molecule has 1 aromatic carbocycles. The van der Waals surface area contributed by atoms with Crippen molar-refractivity contribution in [2.24, 2.45) is 0 Å². The first kappa shape index (κ1) is 14.9. The van der Waals surface area contributed by atoms with E-state index in [-0.39, 0.29) is 11.6 Å². The molecule has 108 valence electrons. The van der Waals surface area contributed by atoms with E-state index in [2.05, 4.69) is 5.32 Å². The molecule has 1 unspecified atom stereocenters. The van der Waals surface area contributed by atoms with Gasteiger partial charge in [0.15, 0.2) is 11.6 Å². The maximum Gasteiger partial charge on any atom is 0.161 e. The van der Waals surface area contributed by atoms with E-state index in [0.717, 1.165) is 44.6 Å². The molecule has 1 atom stereocenters. The van der Waals surface area contributed by atoms with E-state index >= 15 is 0 Å². The topological polar surface area (TPSA) is 35.8 Å². The standard InChI is InChI=1S/C15H17F3N2/c16-12-8-14(18)13(17)7-11(12)15(9-19)20-10-5-3-1-2-4-6-10/h7-8,10,15,20H,1-6H2. The van der Waals surface area contributed by atoms with Crippen molar-refractivity contribution in [3.8, 4) is 6.07 Å². The Bertz CT molecular complexity index is 503. The van der Waals surface area contributed by atoms with Gasteiger partial charge in [-0.15, -0.1) is 0 Å². The molecule has 1 aliphatic rings. The van der Waals surface area contributed by atoms with Crippen molar-refractivity contribution in [2.75, 3.05) is 0 Å². The van der Waals surface area contributed by atoms with Gasteiger partial charge in [0.1, 0.15) is 11.9 Å². The van der Waals surface area contributed by atoms with Gasteiger partial charge in [-0.3, -0.25) is 5.32 Å². The maximum atomic E-state index is 13.7. The zero-order valence-electron chi connectivity index (χ0n) is 11.1. The van der Waals surface area contributed by atoms with Crippen molar-refractivity contribution in [2.45, 2.75) is 50.6 Å². The largest absolute Gasteiger partial charge is 0.295 e. The lowest BCUT2D eigenvalue weighted by atomic mass is 10.0. The van der Waals surface area contributed by atoms with Crippen LogP contribution in [0.3, 0.4) is 0 Å². The molecule has 0 amide bonds. The maximum absolute atomic E-state index is 13.7. The van der Waals surface area contributed by atoms with Gasteiger partial charge in [-0.25, -0.2) is 13.2 Å². The highest BCUT2D eigenvalue weighted by atomic mass is 19.2. The lowest BCUT2D eigenvalue weighted by Gasteiger charge is -2.21. The molecule has 0 spiro atoms. The van der Waals surface area contributed by atoms with E-state index in [9.17, 15) is 13.2 Å². The number of nitrogens with one attached hydrogen (secondary N) is 1. The quantitative estimate of drug-likeness (QED) is 0.672. The number of halogens is 3. The summed E-state index contributed by atoms with van der Waals surface area (Å²) in [6.45, 7) is 0. The van der Waals surface area contributed by atoms with Crippen molar-refractivity contribution in [3.05, 3.63) is 35.1 Å². The molecule has 2 nitrogen and oxygen atoms in total. The molecule has 0 saturated heterocycles. The Kier molecular flexibility index (Phi) is 5.02.